The highest BCUT2D eigenvalue weighted by Gasteiger charge is 2.31. The summed E-state index contributed by atoms with van der Waals surface area (Å²) in [6.07, 6.45) is 0. The fourth-order valence-corrected chi connectivity index (χ4v) is 3.97. The zero-order valence-corrected chi connectivity index (χ0v) is 17.6. The van der Waals surface area contributed by atoms with Crippen LogP contribution >= 0.6 is 0 Å². The van der Waals surface area contributed by atoms with Gasteiger partial charge >= 0.3 is 5.97 Å². The summed E-state index contributed by atoms with van der Waals surface area (Å²) in [5, 5.41) is 1.52. The van der Waals surface area contributed by atoms with Crippen LogP contribution in [0, 0.1) is 0 Å². The Morgan fingerprint density at radius 2 is 1.67 bits per heavy atom. The number of ether oxygens (including phenoxy) is 2. The first-order valence-corrected chi connectivity index (χ1v) is 10.1. The summed E-state index contributed by atoms with van der Waals surface area (Å²) in [6.45, 7) is 8.82. The summed E-state index contributed by atoms with van der Waals surface area (Å²) < 4.78 is 11.7. The zero-order chi connectivity index (χ0) is 21.4. The molecule has 3 aromatic carbocycles. The van der Waals surface area contributed by atoms with Gasteiger partial charge in [0.2, 0.25) is 5.91 Å². The van der Waals surface area contributed by atoms with Crippen molar-refractivity contribution in [3.63, 3.8) is 0 Å². The standard InChI is InChI=1S/C24H24N2O4/c1-5-25(6-2)17-11-12-20-22(13-17)30-23-14-21(29-16(4)28)18-9-7-8-10-19(18)24(23)26(20)15(3)27/h7-14H,5-6H2,1-4H3. The normalized spacial score (nSPS) is 12.1. The lowest BCUT2D eigenvalue weighted by Crippen LogP contribution is -2.27. The molecule has 6 nitrogen and oxygen atoms in total. The first-order valence-electron chi connectivity index (χ1n) is 10.1. The Labute approximate surface area is 175 Å². The number of anilines is 3. The molecule has 3 aromatic rings. The van der Waals surface area contributed by atoms with Crippen LogP contribution in [-0.4, -0.2) is 25.0 Å². The summed E-state index contributed by atoms with van der Waals surface area (Å²) in [6, 6.07) is 15.1. The minimum absolute atomic E-state index is 0.123. The number of carbonyl (C=O) groups excluding carboxylic acids is 2. The minimum atomic E-state index is -0.413. The zero-order valence-electron chi connectivity index (χ0n) is 17.6. The first-order chi connectivity index (χ1) is 14.4. The molecule has 6 heteroatoms. The molecule has 0 unspecified atom stereocenters. The van der Waals surface area contributed by atoms with Gasteiger partial charge in [-0.3, -0.25) is 14.5 Å². The van der Waals surface area contributed by atoms with Gasteiger partial charge in [0.1, 0.15) is 5.75 Å². The van der Waals surface area contributed by atoms with Crippen LogP contribution in [0.2, 0.25) is 0 Å². The largest absolute Gasteiger partial charge is 0.453 e. The average Bonchev–Trinajstić information content (AvgIpc) is 2.72. The van der Waals surface area contributed by atoms with E-state index < -0.39 is 5.97 Å². The number of carbonyl (C=O) groups is 2. The molecule has 0 radical (unpaired) electrons. The summed E-state index contributed by atoms with van der Waals surface area (Å²) in [5.74, 6) is 0.935. The predicted octanol–water partition coefficient (Wildman–Crippen LogP) is 5.40. The monoisotopic (exact) mass is 404 g/mol. The molecule has 4 rings (SSSR count). The summed E-state index contributed by atoms with van der Waals surface area (Å²) in [7, 11) is 0. The number of benzene rings is 3. The number of nitrogens with zero attached hydrogens (tertiary/aromatic N) is 2. The van der Waals surface area contributed by atoms with Crippen LogP contribution in [0.25, 0.3) is 10.8 Å². The van der Waals surface area contributed by atoms with Crippen molar-refractivity contribution in [2.24, 2.45) is 0 Å². The summed E-state index contributed by atoms with van der Waals surface area (Å²) in [4.78, 5) is 28.3. The first kappa shape index (κ1) is 19.8. The molecule has 0 fully saturated rings. The number of amides is 1. The van der Waals surface area contributed by atoms with E-state index in [0.717, 1.165) is 29.5 Å². The Bertz CT molecular complexity index is 1150. The Kier molecular flexibility index (Phi) is 5.08. The third kappa shape index (κ3) is 3.24. The van der Waals surface area contributed by atoms with Crippen molar-refractivity contribution in [2.45, 2.75) is 27.7 Å². The van der Waals surface area contributed by atoms with Crippen molar-refractivity contribution in [3.8, 4) is 17.2 Å². The predicted molar refractivity (Wildman–Crippen MR) is 118 cm³/mol. The maximum absolute atomic E-state index is 12.7. The van der Waals surface area contributed by atoms with Gasteiger partial charge in [-0.05, 0) is 26.0 Å². The van der Waals surface area contributed by atoms with E-state index in [0.29, 0.717) is 28.6 Å². The van der Waals surface area contributed by atoms with E-state index in [1.165, 1.54) is 13.8 Å². The topological polar surface area (TPSA) is 59.1 Å². The summed E-state index contributed by atoms with van der Waals surface area (Å²) >= 11 is 0. The third-order valence-corrected chi connectivity index (χ3v) is 5.27. The van der Waals surface area contributed by atoms with Gasteiger partial charge in [0, 0.05) is 55.5 Å². The quantitative estimate of drug-likeness (QED) is 0.430. The number of esters is 1. The number of hydrogen-bond donors (Lipinski definition) is 0. The van der Waals surface area contributed by atoms with Crippen molar-refractivity contribution in [1.29, 1.82) is 0 Å². The average molecular weight is 404 g/mol. The molecule has 0 atom stereocenters. The third-order valence-electron chi connectivity index (χ3n) is 5.27. The number of fused-ring (bicyclic) bond motifs is 4. The molecular weight excluding hydrogens is 380 g/mol. The SMILES string of the molecule is CCN(CC)c1ccc2c(c1)Oc1cc(OC(C)=O)c3ccccc3c1N2C(C)=O. The van der Waals surface area contributed by atoms with Gasteiger partial charge < -0.3 is 14.4 Å². The van der Waals surface area contributed by atoms with Gasteiger partial charge in [-0.1, -0.05) is 24.3 Å². The lowest BCUT2D eigenvalue weighted by molar-refractivity contribution is -0.131. The molecule has 0 N–H and O–H groups in total. The summed E-state index contributed by atoms with van der Waals surface area (Å²) in [5.41, 5.74) is 2.36. The van der Waals surface area contributed by atoms with Gasteiger partial charge in [0.25, 0.3) is 0 Å². The highest BCUT2D eigenvalue weighted by Crippen LogP contribution is 2.52. The second-order valence-corrected chi connectivity index (χ2v) is 7.14. The molecule has 0 aromatic heterocycles. The molecule has 1 aliphatic heterocycles. The maximum Gasteiger partial charge on any atom is 0.308 e. The highest BCUT2D eigenvalue weighted by atomic mass is 16.5. The highest BCUT2D eigenvalue weighted by molar-refractivity contribution is 6.13. The van der Waals surface area contributed by atoms with Gasteiger partial charge in [-0.25, -0.2) is 0 Å². The van der Waals surface area contributed by atoms with E-state index in [1.54, 1.807) is 11.0 Å². The molecule has 0 aliphatic carbocycles. The van der Waals surface area contributed by atoms with E-state index in [2.05, 4.69) is 18.7 Å². The van der Waals surface area contributed by atoms with Gasteiger partial charge in [-0.15, -0.1) is 0 Å². The Morgan fingerprint density at radius 3 is 2.30 bits per heavy atom. The van der Waals surface area contributed by atoms with Gasteiger partial charge in [-0.2, -0.15) is 0 Å². The molecule has 154 valence electrons. The van der Waals surface area contributed by atoms with E-state index in [9.17, 15) is 9.59 Å². The Morgan fingerprint density at radius 1 is 0.967 bits per heavy atom. The van der Waals surface area contributed by atoms with Crippen LogP contribution in [0.1, 0.15) is 27.7 Å². The van der Waals surface area contributed by atoms with E-state index in [1.807, 2.05) is 42.5 Å². The second kappa shape index (κ2) is 7.71. The molecule has 0 spiro atoms. The van der Waals surface area contributed by atoms with Gasteiger partial charge in [0.15, 0.2) is 11.5 Å². The van der Waals surface area contributed by atoms with Gasteiger partial charge in [0.05, 0.1) is 11.4 Å². The van der Waals surface area contributed by atoms with E-state index >= 15 is 0 Å². The van der Waals surface area contributed by atoms with Crippen LogP contribution in [0.5, 0.6) is 17.2 Å². The molecule has 30 heavy (non-hydrogen) atoms. The molecule has 0 bridgehead atoms. The lowest BCUT2D eigenvalue weighted by Gasteiger charge is -2.33. The van der Waals surface area contributed by atoms with Crippen LogP contribution in [0.3, 0.4) is 0 Å². The molecule has 1 heterocycles. The maximum atomic E-state index is 12.7. The Balaban J connectivity index is 1.95. The van der Waals surface area contributed by atoms with Crippen molar-refractivity contribution >= 4 is 39.7 Å². The van der Waals surface area contributed by atoms with Crippen molar-refractivity contribution in [3.05, 3.63) is 48.5 Å². The Hall–Kier alpha value is -3.54. The fourth-order valence-electron chi connectivity index (χ4n) is 3.97. The van der Waals surface area contributed by atoms with Crippen LogP contribution in [-0.2, 0) is 9.59 Å². The van der Waals surface area contributed by atoms with Crippen LogP contribution in [0.15, 0.2) is 48.5 Å². The van der Waals surface area contributed by atoms with E-state index in [-0.39, 0.29) is 5.91 Å². The van der Waals surface area contributed by atoms with Crippen molar-refractivity contribution < 1.29 is 19.1 Å². The van der Waals surface area contributed by atoms with E-state index in [4.69, 9.17) is 9.47 Å². The fraction of sp³-hybridized carbons (Fsp3) is 0.250. The molecule has 1 aliphatic rings. The van der Waals surface area contributed by atoms with Crippen LogP contribution in [0.4, 0.5) is 17.1 Å². The van der Waals surface area contributed by atoms with Crippen molar-refractivity contribution in [1.82, 2.24) is 0 Å². The molecule has 0 saturated carbocycles. The number of hydrogen-bond acceptors (Lipinski definition) is 5. The smallest absolute Gasteiger partial charge is 0.308 e. The second-order valence-electron chi connectivity index (χ2n) is 7.14. The molecule has 1 amide bonds. The molecule has 0 saturated heterocycles. The minimum Gasteiger partial charge on any atom is -0.453 e. The lowest BCUT2D eigenvalue weighted by atomic mass is 10.0. The number of rotatable bonds is 4. The molecular formula is C24H24N2O4. The van der Waals surface area contributed by atoms with Crippen molar-refractivity contribution in [2.75, 3.05) is 22.9 Å². The van der Waals surface area contributed by atoms with Crippen LogP contribution < -0.4 is 19.3 Å².